The number of likely N-dealkylation sites (tertiary alicyclic amines) is 1. The zero-order chi connectivity index (χ0) is 14.1. The molecule has 104 valence electrons. The average Bonchev–Trinajstić information content (AvgIpc) is 3.07. The van der Waals surface area contributed by atoms with E-state index in [-0.39, 0.29) is 11.9 Å². The van der Waals surface area contributed by atoms with Gasteiger partial charge >= 0.3 is 0 Å². The molecule has 0 bridgehead atoms. The minimum absolute atomic E-state index is 0.0493. The zero-order valence-corrected chi connectivity index (χ0v) is 11.5. The van der Waals surface area contributed by atoms with Crippen LogP contribution in [-0.4, -0.2) is 32.5 Å². The van der Waals surface area contributed by atoms with E-state index >= 15 is 0 Å². The van der Waals surface area contributed by atoms with E-state index in [9.17, 15) is 4.79 Å². The summed E-state index contributed by atoms with van der Waals surface area (Å²) in [5.41, 5.74) is 2.00. The highest BCUT2D eigenvalue weighted by Crippen LogP contribution is 2.33. The quantitative estimate of drug-likeness (QED) is 0.836. The van der Waals surface area contributed by atoms with Crippen molar-refractivity contribution in [3.63, 3.8) is 0 Å². The van der Waals surface area contributed by atoms with Crippen molar-refractivity contribution in [3.05, 3.63) is 41.3 Å². The maximum atomic E-state index is 12.5. The molecule has 6 nitrogen and oxygen atoms in total. The first-order valence-electron chi connectivity index (χ1n) is 6.68. The van der Waals surface area contributed by atoms with Crippen molar-refractivity contribution in [2.24, 2.45) is 0 Å². The smallest absolute Gasteiger partial charge is 0.274 e. The molecule has 2 aromatic heterocycles. The van der Waals surface area contributed by atoms with Crippen molar-refractivity contribution in [2.75, 3.05) is 6.54 Å². The van der Waals surface area contributed by atoms with E-state index < -0.39 is 0 Å². The Balaban J connectivity index is 1.85. The fraction of sp³-hybridized carbons (Fsp3) is 0.429. The summed E-state index contributed by atoms with van der Waals surface area (Å²) in [6.07, 6.45) is 4.98. The summed E-state index contributed by atoms with van der Waals surface area (Å²) in [5.74, 6) is 0.641. The van der Waals surface area contributed by atoms with Crippen LogP contribution in [0.4, 0.5) is 0 Å². The Morgan fingerprint density at radius 2 is 2.15 bits per heavy atom. The van der Waals surface area contributed by atoms with Gasteiger partial charge in [-0.05, 0) is 26.7 Å². The topological polar surface area (TPSA) is 72.1 Å². The SMILES string of the molecule is Cc1cnc(C(=O)N2CCCC2c2cc(C)no2)cn1. The van der Waals surface area contributed by atoms with Gasteiger partial charge in [-0.25, -0.2) is 4.98 Å². The van der Waals surface area contributed by atoms with Gasteiger partial charge in [0, 0.05) is 18.8 Å². The number of nitrogens with zero attached hydrogens (tertiary/aromatic N) is 4. The fourth-order valence-electron chi connectivity index (χ4n) is 2.50. The van der Waals surface area contributed by atoms with E-state index in [1.165, 1.54) is 6.20 Å². The number of rotatable bonds is 2. The van der Waals surface area contributed by atoms with Crippen LogP contribution in [0.25, 0.3) is 0 Å². The van der Waals surface area contributed by atoms with E-state index in [1.807, 2.05) is 19.9 Å². The molecule has 0 aromatic carbocycles. The molecule has 1 aliphatic rings. The minimum atomic E-state index is -0.103. The normalized spacial score (nSPS) is 18.5. The van der Waals surface area contributed by atoms with E-state index in [4.69, 9.17) is 4.52 Å². The third-order valence-corrected chi connectivity index (χ3v) is 3.49. The van der Waals surface area contributed by atoms with Crippen molar-refractivity contribution >= 4 is 5.91 Å². The molecule has 0 spiro atoms. The Hall–Kier alpha value is -2.24. The van der Waals surface area contributed by atoms with Crippen molar-refractivity contribution in [2.45, 2.75) is 32.7 Å². The molecule has 1 fully saturated rings. The van der Waals surface area contributed by atoms with Crippen molar-refractivity contribution in [3.8, 4) is 0 Å². The minimum Gasteiger partial charge on any atom is -0.359 e. The summed E-state index contributed by atoms with van der Waals surface area (Å²) < 4.78 is 5.30. The molecule has 6 heteroatoms. The van der Waals surface area contributed by atoms with Crippen molar-refractivity contribution in [1.82, 2.24) is 20.0 Å². The molecule has 3 heterocycles. The first-order valence-corrected chi connectivity index (χ1v) is 6.68. The summed E-state index contributed by atoms with van der Waals surface area (Å²) >= 11 is 0. The molecule has 0 radical (unpaired) electrons. The third kappa shape index (κ3) is 2.29. The van der Waals surface area contributed by atoms with E-state index in [1.54, 1.807) is 11.1 Å². The monoisotopic (exact) mass is 272 g/mol. The second kappa shape index (κ2) is 5.03. The standard InChI is InChI=1S/C14H16N4O2/c1-9-6-13(20-17-9)12-4-3-5-18(12)14(19)11-8-15-10(2)7-16-11/h6-8,12H,3-5H2,1-2H3. The lowest BCUT2D eigenvalue weighted by atomic mass is 10.1. The third-order valence-electron chi connectivity index (χ3n) is 3.49. The molecular formula is C14H16N4O2. The first kappa shape index (κ1) is 12.8. The Morgan fingerprint density at radius 1 is 1.30 bits per heavy atom. The Labute approximate surface area is 116 Å². The van der Waals surface area contributed by atoms with Gasteiger partial charge in [-0.2, -0.15) is 0 Å². The number of hydrogen-bond donors (Lipinski definition) is 0. The number of aryl methyl sites for hydroxylation is 2. The van der Waals surface area contributed by atoms with Crippen LogP contribution in [0, 0.1) is 13.8 Å². The molecule has 0 aliphatic carbocycles. The number of amides is 1. The van der Waals surface area contributed by atoms with Gasteiger partial charge in [-0.15, -0.1) is 0 Å². The van der Waals surface area contributed by atoms with Gasteiger partial charge in [0.05, 0.1) is 23.6 Å². The van der Waals surface area contributed by atoms with E-state index in [0.29, 0.717) is 12.2 Å². The van der Waals surface area contributed by atoms with Gasteiger partial charge in [0.1, 0.15) is 5.69 Å². The van der Waals surface area contributed by atoms with Crippen LogP contribution in [0.1, 0.15) is 46.5 Å². The lowest BCUT2D eigenvalue weighted by Crippen LogP contribution is -2.31. The van der Waals surface area contributed by atoms with Crippen LogP contribution in [0.2, 0.25) is 0 Å². The van der Waals surface area contributed by atoms with Gasteiger partial charge in [0.25, 0.3) is 5.91 Å². The lowest BCUT2D eigenvalue weighted by Gasteiger charge is -2.22. The van der Waals surface area contributed by atoms with Crippen LogP contribution in [0.5, 0.6) is 0 Å². The molecule has 20 heavy (non-hydrogen) atoms. The average molecular weight is 272 g/mol. The van der Waals surface area contributed by atoms with Crippen LogP contribution in [0.3, 0.4) is 0 Å². The van der Waals surface area contributed by atoms with E-state index in [2.05, 4.69) is 15.1 Å². The maximum Gasteiger partial charge on any atom is 0.274 e. The molecule has 1 aliphatic heterocycles. The van der Waals surface area contributed by atoms with Gasteiger partial charge in [-0.1, -0.05) is 5.16 Å². The molecule has 1 saturated heterocycles. The molecule has 3 rings (SSSR count). The highest BCUT2D eigenvalue weighted by Gasteiger charge is 2.33. The summed E-state index contributed by atoms with van der Waals surface area (Å²) in [6, 6.07) is 1.84. The van der Waals surface area contributed by atoms with Crippen LogP contribution in [0.15, 0.2) is 23.0 Å². The summed E-state index contributed by atoms with van der Waals surface area (Å²) in [4.78, 5) is 22.6. The maximum absolute atomic E-state index is 12.5. The highest BCUT2D eigenvalue weighted by molar-refractivity contribution is 5.92. The molecule has 1 amide bonds. The largest absolute Gasteiger partial charge is 0.359 e. The molecule has 0 N–H and O–H groups in total. The number of carbonyl (C=O) groups excluding carboxylic acids is 1. The Morgan fingerprint density at radius 3 is 2.80 bits per heavy atom. The Kier molecular flexibility index (Phi) is 3.22. The Bertz CT molecular complexity index is 620. The molecular weight excluding hydrogens is 256 g/mol. The van der Waals surface area contributed by atoms with Crippen LogP contribution in [-0.2, 0) is 0 Å². The van der Waals surface area contributed by atoms with Gasteiger partial charge < -0.3 is 9.42 Å². The first-order chi connectivity index (χ1) is 9.65. The number of carbonyl (C=O) groups is 1. The predicted molar refractivity (Wildman–Crippen MR) is 71.0 cm³/mol. The zero-order valence-electron chi connectivity index (χ0n) is 11.5. The predicted octanol–water partition coefficient (Wildman–Crippen LogP) is 2.06. The summed E-state index contributed by atoms with van der Waals surface area (Å²) in [7, 11) is 0. The van der Waals surface area contributed by atoms with Crippen molar-refractivity contribution in [1.29, 1.82) is 0 Å². The number of aromatic nitrogens is 3. The molecule has 1 atom stereocenters. The van der Waals surface area contributed by atoms with Gasteiger partial charge in [0.15, 0.2) is 5.76 Å². The molecule has 0 saturated carbocycles. The second-order valence-corrected chi connectivity index (χ2v) is 5.07. The highest BCUT2D eigenvalue weighted by atomic mass is 16.5. The summed E-state index contributed by atoms with van der Waals surface area (Å²) in [5, 5.41) is 3.90. The van der Waals surface area contributed by atoms with Gasteiger partial charge in [-0.3, -0.25) is 9.78 Å². The summed E-state index contributed by atoms with van der Waals surface area (Å²) in [6.45, 7) is 4.43. The molecule has 2 aromatic rings. The number of hydrogen-bond acceptors (Lipinski definition) is 5. The van der Waals surface area contributed by atoms with Gasteiger partial charge in [0.2, 0.25) is 0 Å². The second-order valence-electron chi connectivity index (χ2n) is 5.07. The van der Waals surface area contributed by atoms with Crippen LogP contribution >= 0.6 is 0 Å². The molecule has 1 unspecified atom stereocenters. The van der Waals surface area contributed by atoms with Crippen LogP contribution < -0.4 is 0 Å². The van der Waals surface area contributed by atoms with E-state index in [0.717, 1.165) is 30.0 Å². The lowest BCUT2D eigenvalue weighted by molar-refractivity contribution is 0.0708. The van der Waals surface area contributed by atoms with Crippen molar-refractivity contribution < 1.29 is 9.32 Å². The fourth-order valence-corrected chi connectivity index (χ4v) is 2.50.